The van der Waals surface area contributed by atoms with Crippen molar-refractivity contribution in [3.05, 3.63) is 53.9 Å². The first-order valence-electron chi connectivity index (χ1n) is 11.2. The zero-order valence-corrected chi connectivity index (χ0v) is 20.2. The topological polar surface area (TPSA) is 88.4 Å². The number of alkyl halides is 3. The third-order valence-corrected chi connectivity index (χ3v) is 5.24. The Morgan fingerprint density at radius 2 is 1.65 bits per heavy atom. The number of aromatic nitrogens is 4. The zero-order chi connectivity index (χ0) is 27.0. The molecule has 1 aliphatic heterocycles. The van der Waals surface area contributed by atoms with Crippen LogP contribution in [0.25, 0.3) is 5.69 Å². The van der Waals surface area contributed by atoms with Crippen LogP contribution in [-0.4, -0.2) is 62.5 Å². The van der Waals surface area contributed by atoms with Crippen LogP contribution in [0.15, 0.2) is 36.7 Å². The van der Waals surface area contributed by atoms with Gasteiger partial charge in [0.15, 0.2) is 0 Å². The van der Waals surface area contributed by atoms with Gasteiger partial charge in [0.2, 0.25) is 5.95 Å². The molecule has 0 unspecified atom stereocenters. The van der Waals surface area contributed by atoms with Crippen molar-refractivity contribution in [2.45, 2.75) is 32.5 Å². The number of hydrogen-bond acceptors (Lipinski definition) is 7. The number of hydrogen-bond donors (Lipinski definition) is 1. The number of carbonyl (C=O) groups excluding carboxylic acids is 1. The number of rotatable bonds is 4. The van der Waals surface area contributed by atoms with E-state index < -0.39 is 35.1 Å². The molecule has 3 heterocycles. The molecule has 0 radical (unpaired) electrons. The van der Waals surface area contributed by atoms with Gasteiger partial charge in [-0.2, -0.15) is 18.2 Å². The minimum Gasteiger partial charge on any atom is -0.444 e. The van der Waals surface area contributed by atoms with Crippen molar-refractivity contribution in [3.8, 4) is 5.69 Å². The number of pyridine rings is 1. The summed E-state index contributed by atoms with van der Waals surface area (Å²) in [6.07, 6.45) is -3.99. The molecule has 0 spiro atoms. The smallest absolute Gasteiger partial charge is 0.416 e. The Labute approximate surface area is 210 Å². The molecule has 1 amide bonds. The molecule has 1 aliphatic rings. The number of anilines is 3. The Hall–Kier alpha value is -3.97. The van der Waals surface area contributed by atoms with E-state index in [-0.39, 0.29) is 50.9 Å². The van der Waals surface area contributed by atoms with Gasteiger partial charge in [-0.1, -0.05) is 0 Å². The Balaban J connectivity index is 0.00000400. The number of carbonyl (C=O) groups is 1. The molecule has 0 saturated carbocycles. The molecule has 14 heteroatoms. The van der Waals surface area contributed by atoms with Crippen molar-refractivity contribution in [3.63, 3.8) is 0 Å². The maximum Gasteiger partial charge on any atom is 0.416 e. The van der Waals surface area contributed by atoms with Crippen LogP contribution in [0.3, 0.4) is 0 Å². The number of benzene rings is 1. The van der Waals surface area contributed by atoms with Crippen molar-refractivity contribution in [2.24, 2.45) is 0 Å². The van der Waals surface area contributed by atoms with E-state index in [0.29, 0.717) is 6.07 Å². The summed E-state index contributed by atoms with van der Waals surface area (Å²) in [4.78, 5) is 23.6. The Morgan fingerprint density at radius 3 is 2.24 bits per heavy atom. The van der Waals surface area contributed by atoms with E-state index in [9.17, 15) is 26.7 Å². The highest BCUT2D eigenvalue weighted by molar-refractivity contribution is 5.68. The highest BCUT2D eigenvalue weighted by Crippen LogP contribution is 2.33. The van der Waals surface area contributed by atoms with E-state index >= 15 is 0 Å². The van der Waals surface area contributed by atoms with Gasteiger partial charge in [0.05, 0.1) is 11.3 Å². The maximum atomic E-state index is 13.6. The van der Waals surface area contributed by atoms with Crippen LogP contribution in [-0.2, 0) is 10.9 Å². The summed E-state index contributed by atoms with van der Waals surface area (Å²) in [5, 5.41) is 6.63. The molecule has 37 heavy (non-hydrogen) atoms. The van der Waals surface area contributed by atoms with Crippen LogP contribution < -0.4 is 10.2 Å². The van der Waals surface area contributed by atoms with E-state index in [2.05, 4.69) is 20.4 Å². The summed E-state index contributed by atoms with van der Waals surface area (Å²) in [5.41, 5.74) is -1.57. The molecule has 1 saturated heterocycles. The number of nitrogens with zero attached hydrogens (tertiary/aromatic N) is 6. The lowest BCUT2D eigenvalue weighted by Gasteiger charge is -2.36. The van der Waals surface area contributed by atoms with Crippen LogP contribution in [0.4, 0.5) is 44.3 Å². The average Bonchev–Trinajstić information content (AvgIpc) is 3.25. The molecule has 1 aromatic carbocycles. The molecule has 1 N–H and O–H groups in total. The van der Waals surface area contributed by atoms with Crippen LogP contribution in [0.5, 0.6) is 0 Å². The monoisotopic (exact) mass is 527 g/mol. The summed E-state index contributed by atoms with van der Waals surface area (Å²) in [6, 6.07) is 4.48. The van der Waals surface area contributed by atoms with Gasteiger partial charge in [0.1, 0.15) is 35.2 Å². The molecule has 0 bridgehead atoms. The van der Waals surface area contributed by atoms with Gasteiger partial charge in [-0.05, 0) is 45.0 Å². The molecule has 3 aromatic rings. The first kappa shape index (κ1) is 26.1. The standard InChI is InChI=1S/C23H24F5N7O2.H2/c1-22(2,3)37-21(36)34-6-4-33(5-7-34)19-9-14(23(26,27)28)8-18(30-19)31-20-29-13-35(32-20)17-11-15(24)10-16(25)12-17;/h8-13H,4-7H2,1-3H3,(H,30,31,32);1H. The largest absolute Gasteiger partial charge is 0.444 e. The first-order chi connectivity index (χ1) is 17.3. The summed E-state index contributed by atoms with van der Waals surface area (Å²) in [5.74, 6) is -1.90. The number of halogens is 5. The molecule has 200 valence electrons. The summed E-state index contributed by atoms with van der Waals surface area (Å²) in [7, 11) is 0. The van der Waals surface area contributed by atoms with Gasteiger partial charge in [-0.3, -0.25) is 0 Å². The van der Waals surface area contributed by atoms with E-state index in [0.717, 1.165) is 35.3 Å². The normalized spacial score (nSPS) is 14.6. The van der Waals surface area contributed by atoms with Crippen LogP contribution in [0.1, 0.15) is 27.8 Å². The number of amides is 1. The number of nitrogens with one attached hydrogen (secondary N) is 1. The molecule has 1 fully saturated rings. The highest BCUT2D eigenvalue weighted by Gasteiger charge is 2.33. The Morgan fingerprint density at radius 1 is 1.00 bits per heavy atom. The maximum absolute atomic E-state index is 13.6. The summed E-state index contributed by atoms with van der Waals surface area (Å²) >= 11 is 0. The van der Waals surface area contributed by atoms with Crippen molar-refractivity contribution in [1.82, 2.24) is 24.6 Å². The van der Waals surface area contributed by atoms with Crippen LogP contribution in [0, 0.1) is 11.6 Å². The third kappa shape index (κ3) is 6.62. The number of ether oxygens (including phenoxy) is 1. The lowest BCUT2D eigenvalue weighted by atomic mass is 10.2. The second-order valence-electron chi connectivity index (χ2n) is 9.32. The quantitative estimate of drug-likeness (QED) is 0.478. The molecule has 2 aromatic heterocycles. The van der Waals surface area contributed by atoms with Crippen LogP contribution in [0.2, 0.25) is 0 Å². The summed E-state index contributed by atoms with van der Waals surface area (Å²) in [6.45, 7) is 6.21. The minimum absolute atomic E-state index is 0. The van der Waals surface area contributed by atoms with Crippen molar-refractivity contribution >= 4 is 23.7 Å². The zero-order valence-electron chi connectivity index (χ0n) is 20.2. The number of piperazine rings is 1. The van der Waals surface area contributed by atoms with Gasteiger partial charge in [0, 0.05) is 33.7 Å². The van der Waals surface area contributed by atoms with E-state index in [4.69, 9.17) is 4.74 Å². The molecular weight excluding hydrogens is 501 g/mol. The Kier molecular flexibility index (Phi) is 6.93. The van der Waals surface area contributed by atoms with E-state index in [1.54, 1.807) is 25.7 Å². The molecular formula is C23H26F5N7O2. The van der Waals surface area contributed by atoms with Crippen LogP contribution >= 0.6 is 0 Å². The van der Waals surface area contributed by atoms with Crippen molar-refractivity contribution < 1.29 is 32.9 Å². The van der Waals surface area contributed by atoms with Gasteiger partial charge >= 0.3 is 12.3 Å². The predicted molar refractivity (Wildman–Crippen MR) is 126 cm³/mol. The molecule has 4 rings (SSSR count). The fourth-order valence-corrected chi connectivity index (χ4v) is 3.58. The fraction of sp³-hybridized carbons (Fsp3) is 0.391. The fourth-order valence-electron chi connectivity index (χ4n) is 3.58. The van der Waals surface area contributed by atoms with Crippen molar-refractivity contribution in [2.75, 3.05) is 36.4 Å². The SMILES string of the molecule is CC(C)(C)OC(=O)N1CCN(c2cc(C(F)(F)F)cc(Nc3ncn(-c4cc(F)cc(F)c4)n3)n2)CC1.[HH]. The van der Waals surface area contributed by atoms with E-state index in [1.807, 2.05) is 0 Å². The van der Waals surface area contributed by atoms with Crippen molar-refractivity contribution in [1.29, 1.82) is 0 Å². The average molecular weight is 527 g/mol. The second kappa shape index (κ2) is 9.82. The Bertz CT molecular complexity index is 1270. The summed E-state index contributed by atoms with van der Waals surface area (Å²) < 4.78 is 74.3. The third-order valence-electron chi connectivity index (χ3n) is 5.24. The first-order valence-corrected chi connectivity index (χ1v) is 11.2. The molecule has 0 atom stereocenters. The van der Waals surface area contributed by atoms with Gasteiger partial charge in [-0.15, -0.1) is 5.10 Å². The molecule has 0 aliphatic carbocycles. The highest BCUT2D eigenvalue weighted by atomic mass is 19.4. The minimum atomic E-state index is -4.65. The van der Waals surface area contributed by atoms with Gasteiger partial charge in [-0.25, -0.2) is 23.2 Å². The lowest BCUT2D eigenvalue weighted by Crippen LogP contribution is -2.50. The van der Waals surface area contributed by atoms with Gasteiger partial charge in [0.25, 0.3) is 0 Å². The lowest BCUT2D eigenvalue weighted by molar-refractivity contribution is -0.137. The predicted octanol–water partition coefficient (Wildman–Crippen LogP) is 5.01. The van der Waals surface area contributed by atoms with E-state index in [1.165, 1.54) is 4.90 Å². The molecule has 9 nitrogen and oxygen atoms in total. The van der Waals surface area contributed by atoms with Gasteiger partial charge < -0.3 is 19.9 Å². The second-order valence-corrected chi connectivity index (χ2v) is 9.32.